The van der Waals surface area contributed by atoms with Gasteiger partial charge in [0.2, 0.25) is 0 Å². The second-order valence-electron chi connectivity index (χ2n) is 7.77. The molecule has 3 rings (SSSR count). The fraction of sp³-hybridized carbons (Fsp3) is 0.200. The van der Waals surface area contributed by atoms with Crippen LogP contribution >= 0.6 is 0 Å². The average molecular weight is 450 g/mol. The van der Waals surface area contributed by atoms with Crippen molar-refractivity contribution in [3.8, 4) is 0 Å². The van der Waals surface area contributed by atoms with E-state index in [1.165, 1.54) is 0 Å². The second-order valence-corrected chi connectivity index (χ2v) is 9.63. The second kappa shape index (κ2) is 9.78. The third-order valence-electron chi connectivity index (χ3n) is 4.93. The van der Waals surface area contributed by atoms with E-state index < -0.39 is 22.5 Å². The lowest BCUT2D eigenvalue weighted by molar-refractivity contribution is -0.119. The minimum atomic E-state index is -3.97. The van der Waals surface area contributed by atoms with Crippen LogP contribution in [0.25, 0.3) is 0 Å². The monoisotopic (exact) mass is 449 g/mol. The number of carbonyl (C=O) groups is 1. The van der Waals surface area contributed by atoms with Gasteiger partial charge >= 0.3 is 0 Å². The molecule has 0 atom stereocenters. The molecule has 7 heteroatoms. The Kier molecular flexibility index (Phi) is 7.10. The first-order valence-electron chi connectivity index (χ1n) is 10.2. The number of rotatable bonds is 7. The quantitative estimate of drug-likeness (QED) is 0.430. The van der Waals surface area contributed by atoms with Gasteiger partial charge in [0.15, 0.2) is 0 Å². The zero-order valence-electron chi connectivity index (χ0n) is 18.7. The molecule has 0 radical (unpaired) electrons. The van der Waals surface area contributed by atoms with Crippen LogP contribution in [0.2, 0.25) is 0 Å². The molecule has 0 aliphatic carbocycles. The van der Waals surface area contributed by atoms with Gasteiger partial charge in [-0.25, -0.2) is 13.8 Å². The third kappa shape index (κ3) is 5.62. The van der Waals surface area contributed by atoms with Gasteiger partial charge in [0.1, 0.15) is 6.54 Å². The van der Waals surface area contributed by atoms with E-state index in [1.54, 1.807) is 43.3 Å². The number of hydrazone groups is 1. The van der Waals surface area contributed by atoms with Crippen molar-refractivity contribution in [1.29, 1.82) is 0 Å². The molecule has 3 aromatic carbocycles. The van der Waals surface area contributed by atoms with Crippen molar-refractivity contribution in [1.82, 2.24) is 5.43 Å². The Hall–Kier alpha value is -3.45. The van der Waals surface area contributed by atoms with Crippen LogP contribution in [0.3, 0.4) is 0 Å². The van der Waals surface area contributed by atoms with Crippen molar-refractivity contribution in [2.24, 2.45) is 5.10 Å². The Morgan fingerprint density at radius 1 is 0.875 bits per heavy atom. The van der Waals surface area contributed by atoms with E-state index >= 15 is 0 Å². The zero-order chi connectivity index (χ0) is 23.3. The van der Waals surface area contributed by atoms with Crippen LogP contribution in [0.4, 0.5) is 5.69 Å². The molecule has 1 N–H and O–H groups in total. The molecule has 0 aliphatic rings. The highest BCUT2D eigenvalue weighted by Gasteiger charge is 2.27. The number of sulfonamides is 1. The number of hydrogen-bond acceptors (Lipinski definition) is 4. The summed E-state index contributed by atoms with van der Waals surface area (Å²) in [5, 5.41) is 4.14. The van der Waals surface area contributed by atoms with Crippen LogP contribution in [0.15, 0.2) is 82.8 Å². The Balaban J connectivity index is 1.92. The Morgan fingerprint density at radius 3 is 2.06 bits per heavy atom. The third-order valence-corrected chi connectivity index (χ3v) is 6.72. The predicted octanol–water partition coefficient (Wildman–Crippen LogP) is 4.35. The Bertz CT molecular complexity index is 1210. The highest BCUT2D eigenvalue weighted by atomic mass is 32.2. The highest BCUT2D eigenvalue weighted by molar-refractivity contribution is 7.92. The van der Waals surface area contributed by atoms with E-state index in [2.05, 4.69) is 10.5 Å². The molecule has 0 spiro atoms. The molecule has 0 aromatic heterocycles. The smallest absolute Gasteiger partial charge is 0.264 e. The number of aryl methyl sites for hydroxylation is 3. The van der Waals surface area contributed by atoms with E-state index in [9.17, 15) is 13.2 Å². The molecule has 0 saturated heterocycles. The van der Waals surface area contributed by atoms with E-state index in [-0.39, 0.29) is 4.90 Å². The summed E-state index contributed by atoms with van der Waals surface area (Å²) in [6.07, 6.45) is 0. The largest absolute Gasteiger partial charge is 0.271 e. The minimum absolute atomic E-state index is 0.124. The summed E-state index contributed by atoms with van der Waals surface area (Å²) in [4.78, 5) is 12.9. The van der Waals surface area contributed by atoms with Gasteiger partial charge in [0.05, 0.1) is 16.3 Å². The van der Waals surface area contributed by atoms with Crippen LogP contribution in [-0.2, 0) is 14.8 Å². The van der Waals surface area contributed by atoms with Gasteiger partial charge in [0, 0.05) is 0 Å². The van der Waals surface area contributed by atoms with Crippen molar-refractivity contribution in [2.45, 2.75) is 32.6 Å². The van der Waals surface area contributed by atoms with Crippen LogP contribution in [0.1, 0.15) is 29.2 Å². The summed E-state index contributed by atoms with van der Waals surface area (Å²) < 4.78 is 28.1. The Labute approximate surface area is 189 Å². The lowest BCUT2D eigenvalue weighted by Crippen LogP contribution is -2.39. The average Bonchev–Trinajstić information content (AvgIpc) is 2.76. The maximum Gasteiger partial charge on any atom is 0.264 e. The SMILES string of the molecule is C/C(=N/NC(=O)CN(c1cc(C)cc(C)c1)S(=O)(=O)c1ccc(C)cc1)c1ccccc1. The maximum atomic E-state index is 13.5. The van der Waals surface area contributed by atoms with Crippen molar-refractivity contribution in [2.75, 3.05) is 10.8 Å². The lowest BCUT2D eigenvalue weighted by Gasteiger charge is -2.24. The van der Waals surface area contributed by atoms with E-state index in [0.717, 1.165) is 26.6 Å². The molecule has 0 bridgehead atoms. The van der Waals surface area contributed by atoms with Crippen LogP contribution in [0.5, 0.6) is 0 Å². The number of carbonyl (C=O) groups excluding carboxylic acids is 1. The molecule has 0 aliphatic heterocycles. The number of anilines is 1. The molecule has 0 unspecified atom stereocenters. The fourth-order valence-corrected chi connectivity index (χ4v) is 4.71. The summed E-state index contributed by atoms with van der Waals surface area (Å²) >= 11 is 0. The van der Waals surface area contributed by atoms with Crippen molar-refractivity contribution in [3.05, 3.63) is 95.1 Å². The number of nitrogens with one attached hydrogen (secondary N) is 1. The molecular formula is C25H27N3O3S. The van der Waals surface area contributed by atoms with Gasteiger partial charge in [-0.2, -0.15) is 5.10 Å². The molecular weight excluding hydrogens is 422 g/mol. The standard InChI is InChI=1S/C25H27N3O3S/c1-18-10-12-24(13-11-18)32(30,31)28(23-15-19(2)14-20(3)16-23)17-25(29)27-26-21(4)22-8-6-5-7-9-22/h5-16H,17H2,1-4H3,(H,27,29)/b26-21-. The predicted molar refractivity (Wildman–Crippen MR) is 128 cm³/mol. The fourth-order valence-electron chi connectivity index (χ4n) is 3.30. The summed E-state index contributed by atoms with van der Waals surface area (Å²) in [6.45, 7) is 7.05. The first-order chi connectivity index (χ1) is 15.2. The van der Waals surface area contributed by atoms with Crippen molar-refractivity contribution in [3.63, 3.8) is 0 Å². The lowest BCUT2D eigenvalue weighted by atomic mass is 10.1. The first-order valence-corrected chi connectivity index (χ1v) is 11.7. The summed E-state index contributed by atoms with van der Waals surface area (Å²) in [6, 6.07) is 21.5. The Morgan fingerprint density at radius 2 is 1.47 bits per heavy atom. The summed E-state index contributed by atoms with van der Waals surface area (Å²) in [5.41, 5.74) is 7.17. The number of hydrogen-bond donors (Lipinski definition) is 1. The summed E-state index contributed by atoms with van der Waals surface area (Å²) in [7, 11) is -3.97. The molecule has 3 aromatic rings. The van der Waals surface area contributed by atoms with Crippen LogP contribution in [0, 0.1) is 20.8 Å². The van der Waals surface area contributed by atoms with Gasteiger partial charge in [-0.1, -0.05) is 54.1 Å². The van der Waals surface area contributed by atoms with Crippen molar-refractivity contribution >= 4 is 27.3 Å². The molecule has 0 saturated carbocycles. The van der Waals surface area contributed by atoms with Crippen molar-refractivity contribution < 1.29 is 13.2 Å². The van der Waals surface area contributed by atoms with E-state index in [4.69, 9.17) is 0 Å². The van der Waals surface area contributed by atoms with Crippen LogP contribution < -0.4 is 9.73 Å². The molecule has 6 nitrogen and oxygen atoms in total. The molecule has 32 heavy (non-hydrogen) atoms. The maximum absolute atomic E-state index is 13.5. The van der Waals surface area contributed by atoms with Gasteiger partial charge in [-0.05, 0) is 68.7 Å². The normalized spacial score (nSPS) is 11.8. The highest BCUT2D eigenvalue weighted by Crippen LogP contribution is 2.26. The van der Waals surface area contributed by atoms with Gasteiger partial charge in [-0.15, -0.1) is 0 Å². The first kappa shape index (κ1) is 23.2. The summed E-state index contributed by atoms with van der Waals surface area (Å²) in [5.74, 6) is -0.532. The zero-order valence-corrected chi connectivity index (χ0v) is 19.5. The number of nitrogens with zero attached hydrogens (tertiary/aromatic N) is 2. The van der Waals surface area contributed by atoms with Gasteiger partial charge in [0.25, 0.3) is 15.9 Å². The topological polar surface area (TPSA) is 78.8 Å². The van der Waals surface area contributed by atoms with E-state index in [1.807, 2.05) is 57.2 Å². The molecule has 166 valence electrons. The number of amides is 1. The molecule has 0 fully saturated rings. The van der Waals surface area contributed by atoms with Crippen LogP contribution in [-0.4, -0.2) is 26.6 Å². The van der Waals surface area contributed by atoms with E-state index in [0.29, 0.717) is 11.4 Å². The molecule has 0 heterocycles. The van der Waals surface area contributed by atoms with Gasteiger partial charge in [-0.3, -0.25) is 9.10 Å². The minimum Gasteiger partial charge on any atom is -0.271 e. The molecule has 1 amide bonds. The van der Waals surface area contributed by atoms with Gasteiger partial charge < -0.3 is 0 Å². The number of benzene rings is 3.